The Balaban J connectivity index is 0.00000300. The second-order valence-electron chi connectivity index (χ2n) is 6.49. The van der Waals surface area contributed by atoms with Gasteiger partial charge in [0.15, 0.2) is 17.5 Å². The number of hydrogen-bond donors (Lipinski definition) is 2. The van der Waals surface area contributed by atoms with E-state index in [0.29, 0.717) is 35.8 Å². The number of alkyl halides is 2. The summed E-state index contributed by atoms with van der Waals surface area (Å²) in [7, 11) is 1.68. The summed E-state index contributed by atoms with van der Waals surface area (Å²) in [6.45, 7) is -0.481. The maximum atomic E-state index is 12.8. The fraction of sp³-hybridized carbons (Fsp3) is 0.381. The van der Waals surface area contributed by atoms with Crippen LogP contribution in [0, 0.1) is 0 Å². The van der Waals surface area contributed by atoms with Crippen LogP contribution in [-0.2, 0) is 6.54 Å². The van der Waals surface area contributed by atoms with E-state index in [1.807, 2.05) is 18.2 Å². The van der Waals surface area contributed by atoms with Gasteiger partial charge in [0, 0.05) is 31.1 Å². The fourth-order valence-electron chi connectivity index (χ4n) is 3.16. The number of halogens is 3. The number of nitrogens with one attached hydrogen (secondary N) is 2. The van der Waals surface area contributed by atoms with Crippen LogP contribution in [0.15, 0.2) is 53.5 Å². The van der Waals surface area contributed by atoms with Crippen LogP contribution in [-0.4, -0.2) is 32.3 Å². The van der Waals surface area contributed by atoms with Gasteiger partial charge in [0.05, 0.1) is 6.61 Å². The van der Waals surface area contributed by atoms with E-state index in [1.165, 1.54) is 5.56 Å². The first-order valence-electron chi connectivity index (χ1n) is 9.34. The van der Waals surface area contributed by atoms with Crippen molar-refractivity contribution in [3.05, 3.63) is 59.7 Å². The molecule has 158 valence electrons. The molecule has 0 radical (unpaired) electrons. The van der Waals surface area contributed by atoms with Crippen LogP contribution in [0.1, 0.15) is 30.4 Å². The molecule has 2 aromatic carbocycles. The van der Waals surface area contributed by atoms with Crippen LogP contribution in [0.2, 0.25) is 0 Å². The Bertz CT molecular complexity index is 806. The third-order valence-corrected chi connectivity index (χ3v) is 4.58. The standard InChI is InChI=1S/C21H25F2N3O2.HI/c1-3-27-18-11-7-10-15(19(18)28-20(22)23)13-25-21(24-2)26-17-12-16(17)14-8-5-4-6-9-14;/h4-11,16-17,20H,3,12-13H2,1-2H3,(H2,24,25,26);1H. The highest BCUT2D eigenvalue weighted by Gasteiger charge is 2.38. The van der Waals surface area contributed by atoms with E-state index < -0.39 is 6.61 Å². The Hall–Kier alpha value is -2.10. The smallest absolute Gasteiger partial charge is 0.387 e. The fourth-order valence-corrected chi connectivity index (χ4v) is 3.16. The van der Waals surface area contributed by atoms with Crippen LogP contribution < -0.4 is 20.1 Å². The van der Waals surface area contributed by atoms with Gasteiger partial charge < -0.3 is 20.1 Å². The van der Waals surface area contributed by atoms with Crippen molar-refractivity contribution < 1.29 is 18.3 Å². The molecule has 3 rings (SSSR count). The third kappa shape index (κ3) is 6.45. The second kappa shape index (κ2) is 11.2. The molecule has 2 atom stereocenters. The molecule has 0 amide bonds. The first kappa shape index (κ1) is 23.2. The lowest BCUT2D eigenvalue weighted by molar-refractivity contribution is -0.0520. The van der Waals surface area contributed by atoms with E-state index in [2.05, 4.69) is 27.8 Å². The summed E-state index contributed by atoms with van der Waals surface area (Å²) in [6, 6.07) is 15.7. The maximum absolute atomic E-state index is 12.8. The van der Waals surface area contributed by atoms with Crippen molar-refractivity contribution in [3.8, 4) is 11.5 Å². The first-order chi connectivity index (χ1) is 13.6. The van der Waals surface area contributed by atoms with Crippen molar-refractivity contribution in [1.29, 1.82) is 0 Å². The highest BCUT2D eigenvalue weighted by Crippen LogP contribution is 2.40. The topological polar surface area (TPSA) is 54.9 Å². The SMILES string of the molecule is CCOc1cccc(CNC(=NC)NC2CC2c2ccccc2)c1OC(F)F.I. The Labute approximate surface area is 186 Å². The van der Waals surface area contributed by atoms with Crippen molar-refractivity contribution in [2.45, 2.75) is 38.5 Å². The number of benzene rings is 2. The minimum Gasteiger partial charge on any atom is -0.490 e. The van der Waals surface area contributed by atoms with Gasteiger partial charge in [-0.05, 0) is 25.0 Å². The highest BCUT2D eigenvalue weighted by molar-refractivity contribution is 14.0. The van der Waals surface area contributed by atoms with E-state index in [-0.39, 0.29) is 36.3 Å². The van der Waals surface area contributed by atoms with Gasteiger partial charge in [-0.15, -0.1) is 24.0 Å². The van der Waals surface area contributed by atoms with Gasteiger partial charge in [0.2, 0.25) is 0 Å². The summed E-state index contributed by atoms with van der Waals surface area (Å²) in [4.78, 5) is 4.23. The van der Waals surface area contributed by atoms with Gasteiger partial charge in [0.1, 0.15) is 0 Å². The van der Waals surface area contributed by atoms with Gasteiger partial charge in [0.25, 0.3) is 0 Å². The Morgan fingerprint density at radius 3 is 2.59 bits per heavy atom. The minimum absolute atomic E-state index is 0. The zero-order chi connectivity index (χ0) is 19.9. The Kier molecular flexibility index (Phi) is 8.94. The van der Waals surface area contributed by atoms with Gasteiger partial charge >= 0.3 is 6.61 Å². The zero-order valence-electron chi connectivity index (χ0n) is 16.4. The molecule has 2 N–H and O–H groups in total. The lowest BCUT2D eigenvalue weighted by atomic mass is 10.1. The molecule has 2 aromatic rings. The monoisotopic (exact) mass is 517 g/mol. The van der Waals surface area contributed by atoms with Crippen LogP contribution >= 0.6 is 24.0 Å². The molecule has 29 heavy (non-hydrogen) atoms. The first-order valence-corrected chi connectivity index (χ1v) is 9.34. The van der Waals surface area contributed by atoms with Crippen molar-refractivity contribution in [1.82, 2.24) is 10.6 Å². The molecule has 2 unspecified atom stereocenters. The van der Waals surface area contributed by atoms with Gasteiger partial charge in [-0.1, -0.05) is 42.5 Å². The van der Waals surface area contributed by atoms with Crippen molar-refractivity contribution >= 4 is 29.9 Å². The average molecular weight is 517 g/mol. The van der Waals surface area contributed by atoms with E-state index in [4.69, 9.17) is 9.47 Å². The molecule has 1 aliphatic rings. The number of rotatable bonds is 8. The lowest BCUT2D eigenvalue weighted by Crippen LogP contribution is -2.38. The number of ether oxygens (including phenoxy) is 2. The molecule has 1 saturated carbocycles. The van der Waals surface area contributed by atoms with Gasteiger partial charge in [-0.3, -0.25) is 4.99 Å². The van der Waals surface area contributed by atoms with Crippen molar-refractivity contribution in [2.75, 3.05) is 13.7 Å². The number of hydrogen-bond acceptors (Lipinski definition) is 3. The number of aliphatic imine (C=N–C) groups is 1. The molecule has 1 fully saturated rings. The summed E-state index contributed by atoms with van der Waals surface area (Å²) < 4.78 is 35.8. The summed E-state index contributed by atoms with van der Waals surface area (Å²) in [5, 5.41) is 6.55. The molecule has 5 nitrogen and oxygen atoms in total. The molecule has 0 aromatic heterocycles. The summed E-state index contributed by atoms with van der Waals surface area (Å²) in [5.41, 5.74) is 1.87. The van der Waals surface area contributed by atoms with Gasteiger partial charge in [-0.2, -0.15) is 8.78 Å². The Morgan fingerprint density at radius 2 is 1.93 bits per heavy atom. The molecule has 8 heteroatoms. The molecule has 0 aliphatic heterocycles. The molecular formula is C21H26F2IN3O2. The second-order valence-corrected chi connectivity index (χ2v) is 6.49. The molecule has 0 heterocycles. The molecule has 0 saturated heterocycles. The molecular weight excluding hydrogens is 491 g/mol. The number of para-hydroxylation sites is 1. The molecule has 1 aliphatic carbocycles. The normalized spacial score (nSPS) is 18.0. The van der Waals surface area contributed by atoms with Crippen LogP contribution in [0.3, 0.4) is 0 Å². The zero-order valence-corrected chi connectivity index (χ0v) is 18.7. The molecule has 0 bridgehead atoms. The van der Waals surface area contributed by atoms with Crippen molar-refractivity contribution in [3.63, 3.8) is 0 Å². The van der Waals surface area contributed by atoms with Crippen LogP contribution in [0.5, 0.6) is 11.5 Å². The molecule has 0 spiro atoms. The lowest BCUT2D eigenvalue weighted by Gasteiger charge is -2.17. The van der Waals surface area contributed by atoms with Crippen LogP contribution in [0.4, 0.5) is 8.78 Å². The predicted molar refractivity (Wildman–Crippen MR) is 121 cm³/mol. The number of nitrogens with zero attached hydrogens (tertiary/aromatic N) is 1. The quantitative estimate of drug-likeness (QED) is 0.307. The van der Waals surface area contributed by atoms with E-state index in [0.717, 1.165) is 6.42 Å². The van der Waals surface area contributed by atoms with E-state index >= 15 is 0 Å². The van der Waals surface area contributed by atoms with E-state index in [9.17, 15) is 8.78 Å². The van der Waals surface area contributed by atoms with Crippen molar-refractivity contribution in [2.24, 2.45) is 4.99 Å². The highest BCUT2D eigenvalue weighted by atomic mass is 127. The summed E-state index contributed by atoms with van der Waals surface area (Å²) in [5.74, 6) is 1.43. The van der Waals surface area contributed by atoms with Gasteiger partial charge in [-0.25, -0.2) is 0 Å². The Morgan fingerprint density at radius 1 is 1.17 bits per heavy atom. The third-order valence-electron chi connectivity index (χ3n) is 4.58. The minimum atomic E-state index is -2.92. The van der Waals surface area contributed by atoms with E-state index in [1.54, 1.807) is 32.2 Å². The number of guanidine groups is 1. The average Bonchev–Trinajstić information content (AvgIpc) is 3.47. The predicted octanol–water partition coefficient (Wildman–Crippen LogP) is 4.53. The maximum Gasteiger partial charge on any atom is 0.387 e. The summed E-state index contributed by atoms with van der Waals surface area (Å²) >= 11 is 0. The largest absolute Gasteiger partial charge is 0.490 e. The summed E-state index contributed by atoms with van der Waals surface area (Å²) in [6.07, 6.45) is 1.03. The van der Waals surface area contributed by atoms with Crippen LogP contribution in [0.25, 0.3) is 0 Å².